The number of fused-ring (bicyclic) bond motifs is 2. The summed E-state index contributed by atoms with van der Waals surface area (Å²) < 4.78 is 2.27. The third-order valence-corrected chi connectivity index (χ3v) is 8.87. The molecule has 3 aliphatic heterocycles. The number of hydrogen-bond acceptors (Lipinski definition) is 4. The first-order chi connectivity index (χ1) is 14.1. The number of anilines is 2. The zero-order chi connectivity index (χ0) is 21.4. The Kier molecular flexibility index (Phi) is 3.99. The summed E-state index contributed by atoms with van der Waals surface area (Å²) in [6, 6.07) is 7.99. The van der Waals surface area contributed by atoms with Gasteiger partial charge >= 0.3 is 181 Å². The van der Waals surface area contributed by atoms with Crippen LogP contribution in [0, 0.1) is 0 Å². The quantitative estimate of drug-likeness (QED) is 0.383. The number of para-hydroxylation sites is 1. The Bertz CT molecular complexity index is 1150. The number of carbonyl (C=O) groups is 3. The van der Waals surface area contributed by atoms with Gasteiger partial charge in [0.25, 0.3) is 0 Å². The molecular weight excluding hydrogens is 445 g/mol. The summed E-state index contributed by atoms with van der Waals surface area (Å²) in [4.78, 5) is 38.1. The van der Waals surface area contributed by atoms with Crippen LogP contribution in [0.5, 0.6) is 0 Å². The van der Waals surface area contributed by atoms with E-state index in [0.717, 1.165) is 17.4 Å². The van der Waals surface area contributed by atoms with Crippen LogP contribution in [-0.4, -0.2) is 38.9 Å². The maximum absolute atomic E-state index is 12.2. The molecule has 0 spiro atoms. The van der Waals surface area contributed by atoms with E-state index in [0.29, 0.717) is 0 Å². The Morgan fingerprint density at radius 3 is 2.37 bits per heavy atom. The van der Waals surface area contributed by atoms with Crippen molar-refractivity contribution in [3.05, 3.63) is 51.0 Å². The van der Waals surface area contributed by atoms with E-state index >= 15 is 0 Å². The molecule has 0 unspecified atom stereocenters. The molecule has 1 fully saturated rings. The Morgan fingerprint density at radius 1 is 1.00 bits per heavy atom. The standard InChI is InChI=1S/C23H23N3O3Se/c1-22(2)8-9-26-17-14(22)6-5-7-15(17)23(3,4)16-11-12(30-20(16)26)10-13-18(27)24-21(29)25-19(13)28/h5-7,10-11H,8-9H2,1-4H3,(H2,24,25,27,28,29). The SMILES string of the molecule is CC1(C)CCN2c3[se]c(C=C4C(=O)NC(=O)NC4=O)cc3C(C)(C)c3cccc1c32. The van der Waals surface area contributed by atoms with Gasteiger partial charge in [0.05, 0.1) is 0 Å². The van der Waals surface area contributed by atoms with E-state index in [1.807, 2.05) is 0 Å². The minimum atomic E-state index is -0.773. The topological polar surface area (TPSA) is 78.5 Å². The number of rotatable bonds is 1. The number of nitrogens with zero attached hydrogens (tertiary/aromatic N) is 1. The van der Waals surface area contributed by atoms with E-state index in [1.165, 1.54) is 26.9 Å². The van der Waals surface area contributed by atoms with Gasteiger partial charge in [-0.1, -0.05) is 0 Å². The number of amides is 4. The van der Waals surface area contributed by atoms with Crippen LogP contribution in [0.4, 0.5) is 15.0 Å². The molecule has 0 radical (unpaired) electrons. The first-order valence-electron chi connectivity index (χ1n) is 10.0. The molecule has 0 aliphatic carbocycles. The first kappa shape index (κ1) is 19.3. The molecule has 0 atom stereocenters. The van der Waals surface area contributed by atoms with Crippen molar-refractivity contribution in [3.8, 4) is 0 Å². The van der Waals surface area contributed by atoms with Crippen LogP contribution in [0.15, 0.2) is 29.8 Å². The molecule has 1 aromatic carbocycles. The van der Waals surface area contributed by atoms with Crippen molar-refractivity contribution in [1.82, 2.24) is 10.6 Å². The van der Waals surface area contributed by atoms with Crippen molar-refractivity contribution < 1.29 is 14.4 Å². The van der Waals surface area contributed by atoms with Crippen molar-refractivity contribution in [1.29, 1.82) is 0 Å². The monoisotopic (exact) mass is 469 g/mol. The Hall–Kier alpha value is -2.63. The van der Waals surface area contributed by atoms with Gasteiger partial charge in [-0.05, 0) is 0 Å². The van der Waals surface area contributed by atoms with E-state index < -0.39 is 17.8 Å². The van der Waals surface area contributed by atoms with Crippen molar-refractivity contribution in [2.45, 2.75) is 44.9 Å². The molecule has 4 heterocycles. The van der Waals surface area contributed by atoms with Gasteiger partial charge in [-0.25, -0.2) is 0 Å². The Balaban J connectivity index is 1.66. The number of barbiturate groups is 1. The van der Waals surface area contributed by atoms with Crippen molar-refractivity contribution >= 4 is 48.7 Å². The van der Waals surface area contributed by atoms with Gasteiger partial charge < -0.3 is 0 Å². The van der Waals surface area contributed by atoms with Crippen LogP contribution >= 0.6 is 0 Å². The second kappa shape index (κ2) is 6.19. The number of carbonyl (C=O) groups excluding carboxylic acids is 3. The molecule has 30 heavy (non-hydrogen) atoms. The minimum absolute atomic E-state index is 0.0154. The van der Waals surface area contributed by atoms with E-state index in [2.05, 4.69) is 67.5 Å². The molecule has 4 amide bonds. The number of nitrogens with one attached hydrogen (secondary N) is 2. The molecule has 1 saturated heterocycles. The van der Waals surface area contributed by atoms with Gasteiger partial charge in [-0.3, -0.25) is 0 Å². The predicted octanol–water partition coefficient (Wildman–Crippen LogP) is 2.95. The predicted molar refractivity (Wildman–Crippen MR) is 116 cm³/mol. The summed E-state index contributed by atoms with van der Waals surface area (Å²) >= 11 is -0.0338. The van der Waals surface area contributed by atoms with Gasteiger partial charge in [0.2, 0.25) is 0 Å². The van der Waals surface area contributed by atoms with Gasteiger partial charge in [-0.15, -0.1) is 0 Å². The summed E-state index contributed by atoms with van der Waals surface area (Å²) in [6.45, 7) is 10.1. The molecule has 154 valence electrons. The van der Waals surface area contributed by atoms with Gasteiger partial charge in [-0.2, -0.15) is 0 Å². The Labute approximate surface area is 181 Å². The molecule has 5 rings (SSSR count). The molecule has 0 saturated carbocycles. The summed E-state index contributed by atoms with van der Waals surface area (Å²) in [5.74, 6) is -1.29. The molecular formula is C23H23N3O3Se. The van der Waals surface area contributed by atoms with E-state index in [9.17, 15) is 14.4 Å². The van der Waals surface area contributed by atoms with Gasteiger partial charge in [0, 0.05) is 0 Å². The third-order valence-electron chi connectivity index (χ3n) is 6.55. The second-order valence-corrected chi connectivity index (χ2v) is 11.5. The normalized spacial score (nSPS) is 20.9. The molecule has 1 aromatic heterocycles. The third kappa shape index (κ3) is 2.65. The van der Waals surface area contributed by atoms with E-state index in [4.69, 9.17) is 0 Å². The summed E-state index contributed by atoms with van der Waals surface area (Å²) in [5.41, 5.74) is 5.25. The van der Waals surface area contributed by atoms with Crippen molar-refractivity contribution in [2.24, 2.45) is 0 Å². The fraction of sp³-hybridized carbons (Fsp3) is 0.348. The van der Waals surface area contributed by atoms with Crippen molar-refractivity contribution in [2.75, 3.05) is 11.4 Å². The number of imide groups is 2. The number of urea groups is 1. The van der Waals surface area contributed by atoms with E-state index in [1.54, 1.807) is 6.08 Å². The van der Waals surface area contributed by atoms with Crippen molar-refractivity contribution in [3.63, 3.8) is 0 Å². The van der Waals surface area contributed by atoms with Crippen LogP contribution in [-0.2, 0) is 20.4 Å². The molecule has 2 aromatic rings. The van der Waals surface area contributed by atoms with Crippen LogP contribution in [0.25, 0.3) is 6.08 Å². The number of hydrogen-bond donors (Lipinski definition) is 2. The molecule has 3 aliphatic rings. The maximum atomic E-state index is 12.2. The van der Waals surface area contributed by atoms with Crippen LogP contribution in [0.3, 0.4) is 0 Å². The van der Waals surface area contributed by atoms with Crippen LogP contribution in [0.1, 0.15) is 55.2 Å². The molecule has 6 nitrogen and oxygen atoms in total. The molecule has 7 heteroatoms. The van der Waals surface area contributed by atoms with E-state index in [-0.39, 0.29) is 30.9 Å². The fourth-order valence-corrected chi connectivity index (χ4v) is 7.45. The van der Waals surface area contributed by atoms with Crippen LogP contribution < -0.4 is 15.5 Å². The summed E-state index contributed by atoms with van der Waals surface area (Å²) in [6.07, 6.45) is 2.71. The first-order valence-corrected chi connectivity index (χ1v) is 11.7. The van der Waals surface area contributed by atoms with Crippen LogP contribution in [0.2, 0.25) is 0 Å². The Morgan fingerprint density at radius 2 is 1.67 bits per heavy atom. The van der Waals surface area contributed by atoms with Gasteiger partial charge in [0.15, 0.2) is 0 Å². The average molecular weight is 468 g/mol. The average Bonchev–Trinajstić information content (AvgIpc) is 3.09. The zero-order valence-corrected chi connectivity index (χ0v) is 19.1. The summed E-state index contributed by atoms with van der Waals surface area (Å²) in [5, 5.41) is 4.30. The summed E-state index contributed by atoms with van der Waals surface area (Å²) in [7, 11) is 0. The van der Waals surface area contributed by atoms with Gasteiger partial charge in [0.1, 0.15) is 0 Å². The fourth-order valence-electron chi connectivity index (χ4n) is 4.74. The molecule has 0 bridgehead atoms. The molecule has 2 N–H and O–H groups in total. The zero-order valence-electron chi connectivity index (χ0n) is 17.4. The number of benzene rings is 1. The second-order valence-electron chi connectivity index (χ2n) is 9.28.